The van der Waals surface area contributed by atoms with Crippen molar-refractivity contribution >= 4 is 76.5 Å². The molecule has 0 saturated carbocycles. The molecule has 61 heavy (non-hydrogen) atoms. The van der Waals surface area contributed by atoms with Crippen LogP contribution in [0.15, 0.2) is 203 Å². The van der Waals surface area contributed by atoms with Crippen molar-refractivity contribution in [3.8, 4) is 51.0 Å². The van der Waals surface area contributed by atoms with Crippen molar-refractivity contribution in [3.63, 3.8) is 0 Å². The van der Waals surface area contributed by atoms with Crippen LogP contribution in [-0.4, -0.2) is 19.5 Å². The second-order valence-corrected chi connectivity index (χ2v) is 15.6. The van der Waals surface area contributed by atoms with Gasteiger partial charge in [-0.2, -0.15) is 0 Å². The molecule has 0 bridgehead atoms. The van der Waals surface area contributed by atoms with Gasteiger partial charge in [-0.1, -0.05) is 140 Å². The first-order valence-corrected chi connectivity index (χ1v) is 20.4. The Kier molecular flexibility index (Phi) is 7.21. The molecule has 13 rings (SSSR count). The summed E-state index contributed by atoms with van der Waals surface area (Å²) in [6, 6.07) is 67.5. The first kappa shape index (κ1) is 33.6. The summed E-state index contributed by atoms with van der Waals surface area (Å²) in [7, 11) is 0. The molecule has 0 radical (unpaired) electrons. The largest absolute Gasteiger partial charge is 0.456 e. The van der Waals surface area contributed by atoms with Gasteiger partial charge in [0.1, 0.15) is 22.3 Å². The highest BCUT2D eigenvalue weighted by Crippen LogP contribution is 2.43. The van der Waals surface area contributed by atoms with Crippen LogP contribution >= 0.6 is 0 Å². The van der Waals surface area contributed by atoms with Crippen molar-refractivity contribution in [2.45, 2.75) is 0 Å². The molecule has 0 spiro atoms. The molecule has 0 aliphatic rings. The highest BCUT2D eigenvalue weighted by Gasteiger charge is 2.21. The third-order valence-electron chi connectivity index (χ3n) is 12.0. The Balaban J connectivity index is 1.03. The lowest BCUT2D eigenvalue weighted by molar-refractivity contribution is 0.668. The van der Waals surface area contributed by atoms with E-state index >= 15 is 0 Å². The van der Waals surface area contributed by atoms with Gasteiger partial charge in [0.15, 0.2) is 17.5 Å². The first-order valence-electron chi connectivity index (χ1n) is 20.4. The Labute approximate surface area is 348 Å². The van der Waals surface area contributed by atoms with Gasteiger partial charge < -0.3 is 13.4 Å². The lowest BCUT2D eigenvalue weighted by Gasteiger charge is -2.14. The van der Waals surface area contributed by atoms with E-state index in [0.29, 0.717) is 17.5 Å². The zero-order chi connectivity index (χ0) is 40.0. The zero-order valence-electron chi connectivity index (χ0n) is 32.6. The van der Waals surface area contributed by atoms with Crippen LogP contribution in [-0.2, 0) is 0 Å². The second kappa shape index (κ2) is 13.1. The molecule has 9 aromatic carbocycles. The van der Waals surface area contributed by atoms with E-state index in [2.05, 4.69) is 132 Å². The maximum Gasteiger partial charge on any atom is 0.164 e. The summed E-state index contributed by atoms with van der Waals surface area (Å²) < 4.78 is 15.1. The van der Waals surface area contributed by atoms with E-state index in [1.165, 1.54) is 21.5 Å². The lowest BCUT2D eigenvalue weighted by atomic mass is 9.99. The average Bonchev–Trinajstić information content (AvgIpc) is 4.01. The van der Waals surface area contributed by atoms with Crippen LogP contribution in [0.3, 0.4) is 0 Å². The van der Waals surface area contributed by atoms with Crippen LogP contribution in [0.4, 0.5) is 0 Å². The van der Waals surface area contributed by atoms with Crippen LogP contribution < -0.4 is 0 Å². The SMILES string of the molecule is c1ccc(-c2nc(-c3cccc(-n4c5ccc6ccccc6c5c5cccc(-c6ccc7c(c6)oc6ccccc67)c54)c3)nc(-c3ccc4c(c3)oc3ccccc34)n2)cc1. The number of para-hydroxylation sites is 3. The van der Waals surface area contributed by atoms with Gasteiger partial charge in [0.25, 0.3) is 0 Å². The van der Waals surface area contributed by atoms with Gasteiger partial charge in [-0.05, 0) is 70.9 Å². The molecule has 4 aromatic heterocycles. The van der Waals surface area contributed by atoms with Crippen molar-refractivity contribution in [1.82, 2.24) is 19.5 Å². The highest BCUT2D eigenvalue weighted by atomic mass is 16.3. The predicted octanol–water partition coefficient (Wildman–Crippen LogP) is 14.6. The molecule has 4 heterocycles. The molecule has 0 aliphatic carbocycles. The van der Waals surface area contributed by atoms with E-state index in [1.807, 2.05) is 66.7 Å². The third kappa shape index (κ3) is 5.26. The van der Waals surface area contributed by atoms with E-state index in [-0.39, 0.29) is 0 Å². The lowest BCUT2D eigenvalue weighted by Crippen LogP contribution is -2.01. The Morgan fingerprint density at radius 1 is 0.344 bits per heavy atom. The number of hydrogen-bond acceptors (Lipinski definition) is 5. The van der Waals surface area contributed by atoms with Crippen LogP contribution in [0.1, 0.15) is 0 Å². The monoisotopic (exact) mass is 780 g/mol. The van der Waals surface area contributed by atoms with E-state index in [0.717, 1.165) is 88.4 Å². The minimum Gasteiger partial charge on any atom is -0.456 e. The third-order valence-corrected chi connectivity index (χ3v) is 12.0. The van der Waals surface area contributed by atoms with Gasteiger partial charge in [-0.3, -0.25) is 0 Å². The molecule has 13 aromatic rings. The zero-order valence-corrected chi connectivity index (χ0v) is 32.6. The van der Waals surface area contributed by atoms with Gasteiger partial charge in [0, 0.05) is 60.3 Å². The molecule has 0 saturated heterocycles. The van der Waals surface area contributed by atoms with Crippen molar-refractivity contribution in [1.29, 1.82) is 0 Å². The fraction of sp³-hybridized carbons (Fsp3) is 0. The first-order chi connectivity index (χ1) is 30.2. The molecule has 0 atom stereocenters. The molecule has 6 heteroatoms. The Bertz CT molecular complexity index is 3900. The van der Waals surface area contributed by atoms with E-state index in [1.54, 1.807) is 0 Å². The topological polar surface area (TPSA) is 69.9 Å². The summed E-state index contributed by atoms with van der Waals surface area (Å²) in [6.45, 7) is 0. The van der Waals surface area contributed by atoms with Crippen LogP contribution in [0.25, 0.3) is 127 Å². The fourth-order valence-electron chi connectivity index (χ4n) is 9.23. The van der Waals surface area contributed by atoms with Gasteiger partial charge in [0.2, 0.25) is 0 Å². The van der Waals surface area contributed by atoms with Crippen LogP contribution in [0.5, 0.6) is 0 Å². The molecule has 6 nitrogen and oxygen atoms in total. The summed E-state index contributed by atoms with van der Waals surface area (Å²) in [5.74, 6) is 1.75. The number of benzene rings is 9. The Hall–Kier alpha value is -8.35. The average molecular weight is 781 g/mol. The molecule has 0 unspecified atom stereocenters. The van der Waals surface area contributed by atoms with Gasteiger partial charge in [-0.25, -0.2) is 15.0 Å². The molecular formula is C55H32N4O2. The number of rotatable bonds is 5. The maximum atomic E-state index is 6.41. The predicted molar refractivity (Wildman–Crippen MR) is 248 cm³/mol. The van der Waals surface area contributed by atoms with Gasteiger partial charge in [-0.15, -0.1) is 0 Å². The second-order valence-electron chi connectivity index (χ2n) is 15.6. The van der Waals surface area contributed by atoms with Crippen LogP contribution in [0, 0.1) is 0 Å². The summed E-state index contributed by atoms with van der Waals surface area (Å²) in [5, 5.41) is 9.15. The van der Waals surface area contributed by atoms with Crippen molar-refractivity contribution in [2.75, 3.05) is 0 Å². The maximum absolute atomic E-state index is 6.41. The normalized spacial score (nSPS) is 11.9. The van der Waals surface area contributed by atoms with Crippen LogP contribution in [0.2, 0.25) is 0 Å². The molecule has 0 N–H and O–H groups in total. The molecule has 0 aliphatic heterocycles. The fourth-order valence-corrected chi connectivity index (χ4v) is 9.23. The molecular weight excluding hydrogens is 749 g/mol. The van der Waals surface area contributed by atoms with E-state index in [4.69, 9.17) is 23.8 Å². The Morgan fingerprint density at radius 2 is 0.885 bits per heavy atom. The molecule has 0 fully saturated rings. The number of furan rings is 2. The summed E-state index contributed by atoms with van der Waals surface area (Å²) >= 11 is 0. The number of fused-ring (bicyclic) bond motifs is 11. The number of nitrogens with zero attached hydrogens (tertiary/aromatic N) is 4. The number of hydrogen-bond donors (Lipinski definition) is 0. The smallest absolute Gasteiger partial charge is 0.164 e. The van der Waals surface area contributed by atoms with Crippen molar-refractivity contribution in [2.24, 2.45) is 0 Å². The highest BCUT2D eigenvalue weighted by molar-refractivity contribution is 6.23. The van der Waals surface area contributed by atoms with E-state index in [9.17, 15) is 0 Å². The summed E-state index contributed by atoms with van der Waals surface area (Å²) in [6.07, 6.45) is 0. The van der Waals surface area contributed by atoms with E-state index < -0.39 is 0 Å². The molecule has 0 amide bonds. The van der Waals surface area contributed by atoms with Crippen molar-refractivity contribution < 1.29 is 8.83 Å². The summed E-state index contributed by atoms with van der Waals surface area (Å²) in [4.78, 5) is 15.4. The minimum absolute atomic E-state index is 0.572. The molecule has 284 valence electrons. The van der Waals surface area contributed by atoms with Crippen molar-refractivity contribution in [3.05, 3.63) is 194 Å². The Morgan fingerprint density at radius 3 is 1.62 bits per heavy atom. The number of aromatic nitrogens is 4. The quantitative estimate of drug-likeness (QED) is 0.174. The standard InChI is InChI=1S/C55H32N4O2/c1-2-13-34(14-3-1)53-56-54(58-55(57-53)37-25-28-44-42-19-7-9-23-48(42)61-50(44)32-37)36-15-10-16-38(30-36)59-46-29-26-33-12-4-5-17-39(33)51(46)45-21-11-20-40(52(45)59)35-24-27-43-41-18-6-8-22-47(41)60-49(43)31-35/h1-32H. The summed E-state index contributed by atoms with van der Waals surface area (Å²) in [5.41, 5.74) is 11.4. The van der Waals surface area contributed by atoms with Gasteiger partial charge >= 0.3 is 0 Å². The van der Waals surface area contributed by atoms with Gasteiger partial charge in [0.05, 0.1) is 11.0 Å². The minimum atomic E-state index is 0.572.